The van der Waals surface area contributed by atoms with Gasteiger partial charge >= 0.3 is 0 Å². The first-order valence-corrected chi connectivity index (χ1v) is 6.16. The Bertz CT molecular complexity index is 191. The van der Waals surface area contributed by atoms with Gasteiger partial charge in [0.25, 0.3) is 0 Å². The van der Waals surface area contributed by atoms with Gasteiger partial charge in [-0.25, -0.2) is 4.58 Å². The van der Waals surface area contributed by atoms with Crippen molar-refractivity contribution in [3.05, 3.63) is 0 Å². The molecule has 0 aromatic heterocycles. The van der Waals surface area contributed by atoms with Crippen LogP contribution in [0.4, 0.5) is 0 Å². The van der Waals surface area contributed by atoms with E-state index in [0.717, 1.165) is 17.8 Å². The molecule has 0 heterocycles. The minimum Gasteiger partial charge on any atom is -0.245 e. The van der Waals surface area contributed by atoms with Crippen LogP contribution in [-0.4, -0.2) is 24.9 Å². The molecule has 0 saturated heterocycles. The van der Waals surface area contributed by atoms with Crippen LogP contribution in [0, 0.1) is 17.8 Å². The second kappa shape index (κ2) is 5.53. The highest BCUT2D eigenvalue weighted by molar-refractivity contribution is 5.57. The summed E-state index contributed by atoms with van der Waals surface area (Å²) in [6, 6.07) is 0. The summed E-state index contributed by atoms with van der Waals surface area (Å²) in [7, 11) is 4.29. The summed E-state index contributed by atoms with van der Waals surface area (Å²) < 4.78 is 2.23. The SMILES string of the molecule is CCCCCC1CC(C)C1C=[N+](C)C. The summed E-state index contributed by atoms with van der Waals surface area (Å²) >= 11 is 0. The van der Waals surface area contributed by atoms with Gasteiger partial charge in [0.15, 0.2) is 0 Å². The lowest BCUT2D eigenvalue weighted by atomic mass is 9.64. The van der Waals surface area contributed by atoms with Crippen LogP contribution in [0.25, 0.3) is 0 Å². The normalized spacial score (nSPS) is 31.0. The summed E-state index contributed by atoms with van der Waals surface area (Å²) in [4.78, 5) is 0. The standard InChI is InChI=1S/C13H26N/c1-5-6-7-8-12-9-11(2)13(12)10-14(3)4/h10-13H,5-9H2,1-4H3/q+1. The number of rotatable bonds is 5. The summed E-state index contributed by atoms with van der Waals surface area (Å²) in [6.07, 6.45) is 9.53. The summed E-state index contributed by atoms with van der Waals surface area (Å²) in [5.41, 5.74) is 0. The van der Waals surface area contributed by atoms with E-state index in [1.54, 1.807) is 0 Å². The largest absolute Gasteiger partial charge is 0.245 e. The average molecular weight is 196 g/mol. The van der Waals surface area contributed by atoms with Gasteiger partial charge in [0, 0.05) is 5.92 Å². The minimum atomic E-state index is 0.863. The topological polar surface area (TPSA) is 3.01 Å². The van der Waals surface area contributed by atoms with Gasteiger partial charge in [-0.2, -0.15) is 0 Å². The summed E-state index contributed by atoms with van der Waals surface area (Å²) in [6.45, 7) is 4.67. The minimum absolute atomic E-state index is 0.863. The van der Waals surface area contributed by atoms with E-state index in [0.29, 0.717) is 0 Å². The smallest absolute Gasteiger partial charge is 0.142 e. The maximum absolute atomic E-state index is 2.42. The van der Waals surface area contributed by atoms with Crippen molar-refractivity contribution < 1.29 is 4.58 Å². The number of hydrogen-bond acceptors (Lipinski definition) is 0. The Kier molecular flexibility index (Phi) is 4.64. The molecule has 0 aromatic carbocycles. The van der Waals surface area contributed by atoms with Crippen LogP contribution < -0.4 is 0 Å². The molecule has 0 aliphatic heterocycles. The van der Waals surface area contributed by atoms with Gasteiger partial charge in [0.1, 0.15) is 20.3 Å². The van der Waals surface area contributed by atoms with E-state index in [-0.39, 0.29) is 0 Å². The van der Waals surface area contributed by atoms with Crippen LogP contribution in [0.3, 0.4) is 0 Å². The third-order valence-corrected chi connectivity index (χ3v) is 3.52. The highest BCUT2D eigenvalue weighted by Crippen LogP contribution is 2.41. The summed E-state index contributed by atoms with van der Waals surface area (Å²) in [5, 5.41) is 0. The van der Waals surface area contributed by atoms with Crippen molar-refractivity contribution in [3.63, 3.8) is 0 Å². The Morgan fingerprint density at radius 2 is 2.00 bits per heavy atom. The third kappa shape index (κ3) is 3.11. The molecule has 0 N–H and O–H groups in total. The number of nitrogens with zero attached hydrogens (tertiary/aromatic N) is 1. The second-order valence-electron chi connectivity index (χ2n) is 5.16. The Balaban J connectivity index is 2.30. The third-order valence-electron chi connectivity index (χ3n) is 3.52. The lowest BCUT2D eigenvalue weighted by Crippen LogP contribution is -2.37. The zero-order valence-electron chi connectivity index (χ0n) is 10.3. The second-order valence-corrected chi connectivity index (χ2v) is 5.16. The van der Waals surface area contributed by atoms with Crippen LogP contribution in [0.5, 0.6) is 0 Å². The fraction of sp³-hybridized carbons (Fsp3) is 0.923. The van der Waals surface area contributed by atoms with Crippen LogP contribution in [0.15, 0.2) is 0 Å². The predicted octanol–water partition coefficient (Wildman–Crippen LogP) is 3.18. The lowest BCUT2D eigenvalue weighted by Gasteiger charge is -2.39. The predicted molar refractivity (Wildman–Crippen MR) is 63.1 cm³/mol. The van der Waals surface area contributed by atoms with Crippen molar-refractivity contribution in [1.29, 1.82) is 0 Å². The van der Waals surface area contributed by atoms with Crippen LogP contribution in [0.2, 0.25) is 0 Å². The van der Waals surface area contributed by atoms with E-state index in [1.807, 2.05) is 0 Å². The van der Waals surface area contributed by atoms with E-state index < -0.39 is 0 Å². The molecule has 1 saturated carbocycles. The molecular formula is C13H26N+. The molecule has 0 amide bonds. The van der Waals surface area contributed by atoms with Crippen molar-refractivity contribution in [2.24, 2.45) is 17.8 Å². The fourth-order valence-corrected chi connectivity index (χ4v) is 2.64. The molecule has 0 bridgehead atoms. The molecule has 1 rings (SSSR count). The van der Waals surface area contributed by atoms with Crippen LogP contribution >= 0.6 is 0 Å². The van der Waals surface area contributed by atoms with Crippen molar-refractivity contribution >= 4 is 6.21 Å². The van der Waals surface area contributed by atoms with Crippen molar-refractivity contribution in [1.82, 2.24) is 0 Å². The van der Waals surface area contributed by atoms with Crippen molar-refractivity contribution in [2.75, 3.05) is 14.1 Å². The maximum Gasteiger partial charge on any atom is 0.142 e. The van der Waals surface area contributed by atoms with E-state index in [4.69, 9.17) is 0 Å². The van der Waals surface area contributed by atoms with Gasteiger partial charge in [-0.05, 0) is 24.7 Å². The Morgan fingerprint density at radius 1 is 1.29 bits per heavy atom. The van der Waals surface area contributed by atoms with E-state index in [2.05, 4.69) is 38.7 Å². The van der Waals surface area contributed by atoms with E-state index in [9.17, 15) is 0 Å². The first-order chi connectivity index (χ1) is 6.65. The van der Waals surface area contributed by atoms with E-state index in [1.165, 1.54) is 32.1 Å². The molecule has 1 heteroatoms. The molecule has 0 aromatic rings. The van der Waals surface area contributed by atoms with E-state index >= 15 is 0 Å². The molecule has 1 nitrogen and oxygen atoms in total. The average Bonchev–Trinajstić information content (AvgIpc) is 2.13. The first kappa shape index (κ1) is 11.7. The van der Waals surface area contributed by atoms with Crippen LogP contribution in [-0.2, 0) is 0 Å². The molecule has 0 spiro atoms. The quantitative estimate of drug-likeness (QED) is 0.361. The molecule has 1 aliphatic rings. The van der Waals surface area contributed by atoms with Gasteiger partial charge < -0.3 is 0 Å². The molecule has 1 fully saturated rings. The molecule has 1 aliphatic carbocycles. The molecule has 0 radical (unpaired) electrons. The zero-order chi connectivity index (χ0) is 10.6. The van der Waals surface area contributed by atoms with Gasteiger partial charge in [0.2, 0.25) is 0 Å². The lowest BCUT2D eigenvalue weighted by molar-refractivity contribution is -0.463. The highest BCUT2D eigenvalue weighted by atomic mass is 14.9. The molecular weight excluding hydrogens is 170 g/mol. The Morgan fingerprint density at radius 3 is 2.50 bits per heavy atom. The monoisotopic (exact) mass is 196 g/mol. The maximum atomic E-state index is 2.42. The number of hydrogen-bond donors (Lipinski definition) is 0. The van der Waals surface area contributed by atoms with Gasteiger partial charge in [-0.15, -0.1) is 0 Å². The van der Waals surface area contributed by atoms with Crippen molar-refractivity contribution in [2.45, 2.75) is 46.0 Å². The molecule has 3 atom stereocenters. The van der Waals surface area contributed by atoms with Crippen LogP contribution in [0.1, 0.15) is 46.0 Å². The number of unbranched alkanes of at least 4 members (excludes halogenated alkanes) is 2. The molecule has 82 valence electrons. The van der Waals surface area contributed by atoms with Crippen molar-refractivity contribution in [3.8, 4) is 0 Å². The Labute approximate surface area is 89.2 Å². The van der Waals surface area contributed by atoms with Gasteiger partial charge in [0.05, 0.1) is 0 Å². The Hall–Kier alpha value is -0.330. The molecule has 3 unspecified atom stereocenters. The summed E-state index contributed by atoms with van der Waals surface area (Å²) in [5.74, 6) is 2.77. The zero-order valence-corrected chi connectivity index (χ0v) is 10.3. The highest BCUT2D eigenvalue weighted by Gasteiger charge is 2.38. The molecule has 14 heavy (non-hydrogen) atoms. The first-order valence-electron chi connectivity index (χ1n) is 6.16. The van der Waals surface area contributed by atoms with Gasteiger partial charge in [-0.3, -0.25) is 0 Å². The fourth-order valence-electron chi connectivity index (χ4n) is 2.64. The van der Waals surface area contributed by atoms with Gasteiger partial charge in [-0.1, -0.05) is 33.1 Å².